The van der Waals surface area contributed by atoms with Crippen LogP contribution in [0.5, 0.6) is 0 Å². The maximum atomic E-state index is 12.8. The van der Waals surface area contributed by atoms with Crippen molar-refractivity contribution in [3.63, 3.8) is 0 Å². The number of carbonyl (C=O) groups is 1. The second-order valence-corrected chi connectivity index (χ2v) is 7.06. The second-order valence-electron chi connectivity index (χ2n) is 7.06. The summed E-state index contributed by atoms with van der Waals surface area (Å²) in [5.41, 5.74) is 6.09. The second kappa shape index (κ2) is 9.09. The molecule has 0 bridgehead atoms. The van der Waals surface area contributed by atoms with Crippen LogP contribution in [0.1, 0.15) is 28.9 Å². The summed E-state index contributed by atoms with van der Waals surface area (Å²) < 4.78 is 0. The number of aromatic nitrogens is 2. The summed E-state index contributed by atoms with van der Waals surface area (Å²) in [6.45, 7) is 1.87. The van der Waals surface area contributed by atoms with Crippen molar-refractivity contribution in [2.24, 2.45) is 0 Å². The number of benzene rings is 3. The van der Waals surface area contributed by atoms with Gasteiger partial charge in [-0.2, -0.15) is 0 Å². The summed E-state index contributed by atoms with van der Waals surface area (Å²) in [6, 6.07) is 22.1. The molecule has 0 fully saturated rings. The molecule has 0 saturated heterocycles. The van der Waals surface area contributed by atoms with Crippen molar-refractivity contribution in [1.29, 1.82) is 0 Å². The van der Waals surface area contributed by atoms with Crippen LogP contribution in [0.4, 0.5) is 17.3 Å². The molecule has 0 spiro atoms. The Morgan fingerprint density at radius 1 is 0.938 bits per heavy atom. The Morgan fingerprint density at radius 3 is 2.41 bits per heavy atom. The highest BCUT2D eigenvalue weighted by Gasteiger charge is 2.25. The van der Waals surface area contributed by atoms with E-state index in [1.807, 2.05) is 67.6 Å². The van der Waals surface area contributed by atoms with Gasteiger partial charge in [-0.05, 0) is 29.3 Å². The average Bonchev–Trinajstić information content (AvgIpc) is 2.82. The molecule has 0 aliphatic heterocycles. The molecule has 1 unspecified atom stereocenters. The quantitative estimate of drug-likeness (QED) is 0.293. The van der Waals surface area contributed by atoms with Crippen LogP contribution < -0.4 is 16.2 Å². The highest BCUT2D eigenvalue weighted by Crippen LogP contribution is 2.31. The van der Waals surface area contributed by atoms with E-state index in [0.29, 0.717) is 5.56 Å². The third-order valence-corrected chi connectivity index (χ3v) is 4.99. The number of nitrogens with zero attached hydrogens (tertiary/aromatic N) is 3. The van der Waals surface area contributed by atoms with E-state index in [1.165, 1.54) is 6.33 Å². The lowest BCUT2D eigenvalue weighted by molar-refractivity contribution is -0.383. The fourth-order valence-electron chi connectivity index (χ4n) is 3.39. The number of nitrogens with one attached hydrogen (secondary N) is 3. The van der Waals surface area contributed by atoms with Gasteiger partial charge in [-0.3, -0.25) is 25.8 Å². The molecule has 4 rings (SSSR count). The van der Waals surface area contributed by atoms with E-state index in [1.54, 1.807) is 12.1 Å². The molecule has 0 aliphatic carbocycles. The molecule has 9 heteroatoms. The van der Waals surface area contributed by atoms with Gasteiger partial charge >= 0.3 is 5.69 Å². The molecule has 3 N–H and O–H groups in total. The zero-order valence-electron chi connectivity index (χ0n) is 17.1. The molecule has 3 aromatic carbocycles. The molecule has 160 valence electrons. The lowest BCUT2D eigenvalue weighted by Crippen LogP contribution is -2.30. The monoisotopic (exact) mass is 428 g/mol. The van der Waals surface area contributed by atoms with E-state index >= 15 is 0 Å². The fourth-order valence-corrected chi connectivity index (χ4v) is 3.39. The molecule has 4 aromatic rings. The summed E-state index contributed by atoms with van der Waals surface area (Å²) in [7, 11) is 0. The minimum Gasteiger partial charge on any atom is -0.358 e. The SMILES string of the molecule is CC(Nc1ncnc(NNC(=O)c2cccc3ccccc23)c1[N+](=O)[O-])c1ccccc1. The van der Waals surface area contributed by atoms with Crippen LogP contribution in [0.25, 0.3) is 10.8 Å². The van der Waals surface area contributed by atoms with E-state index in [0.717, 1.165) is 16.3 Å². The number of nitro groups is 1. The third kappa shape index (κ3) is 4.31. The number of fused-ring (bicyclic) bond motifs is 1. The Hall–Kier alpha value is -4.53. The fraction of sp³-hybridized carbons (Fsp3) is 0.0870. The first-order valence-electron chi connectivity index (χ1n) is 9.89. The molecule has 1 heterocycles. The van der Waals surface area contributed by atoms with E-state index < -0.39 is 10.8 Å². The zero-order valence-corrected chi connectivity index (χ0v) is 17.1. The molecule has 1 aromatic heterocycles. The van der Waals surface area contributed by atoms with E-state index in [2.05, 4.69) is 26.1 Å². The number of carbonyl (C=O) groups excluding carboxylic acids is 1. The molecular weight excluding hydrogens is 408 g/mol. The van der Waals surface area contributed by atoms with Crippen molar-refractivity contribution in [2.45, 2.75) is 13.0 Å². The zero-order chi connectivity index (χ0) is 22.5. The number of amides is 1. The molecule has 32 heavy (non-hydrogen) atoms. The normalized spacial score (nSPS) is 11.5. The number of hydrogen-bond acceptors (Lipinski definition) is 7. The first kappa shape index (κ1) is 20.7. The largest absolute Gasteiger partial charge is 0.358 e. The van der Waals surface area contributed by atoms with Gasteiger partial charge in [0.2, 0.25) is 11.6 Å². The van der Waals surface area contributed by atoms with Gasteiger partial charge in [0.05, 0.1) is 11.0 Å². The average molecular weight is 428 g/mol. The predicted molar refractivity (Wildman–Crippen MR) is 122 cm³/mol. The highest BCUT2D eigenvalue weighted by molar-refractivity contribution is 6.07. The summed E-state index contributed by atoms with van der Waals surface area (Å²) in [5, 5.41) is 16.5. The molecule has 1 amide bonds. The number of anilines is 2. The summed E-state index contributed by atoms with van der Waals surface area (Å²) >= 11 is 0. The summed E-state index contributed by atoms with van der Waals surface area (Å²) in [6.07, 6.45) is 1.19. The molecule has 1 atom stereocenters. The standard InChI is InChI=1S/C23H20N6O3/c1-15(16-8-3-2-4-9-16)26-21-20(29(31)32)22(25-14-24-21)27-28-23(30)19-13-7-11-17-10-5-6-12-18(17)19/h2-15H,1H3,(H,28,30)(H2,24,25,26,27). The van der Waals surface area contributed by atoms with Crippen molar-refractivity contribution >= 4 is 34.0 Å². The Kier molecular flexibility index (Phi) is 5.89. The first-order valence-corrected chi connectivity index (χ1v) is 9.89. The Balaban J connectivity index is 1.56. The van der Waals surface area contributed by atoms with Gasteiger partial charge in [-0.25, -0.2) is 9.97 Å². The van der Waals surface area contributed by atoms with Gasteiger partial charge in [0.1, 0.15) is 6.33 Å². The van der Waals surface area contributed by atoms with Gasteiger partial charge in [-0.15, -0.1) is 0 Å². The van der Waals surface area contributed by atoms with Gasteiger partial charge in [0.25, 0.3) is 5.91 Å². The van der Waals surface area contributed by atoms with Crippen molar-refractivity contribution < 1.29 is 9.72 Å². The highest BCUT2D eigenvalue weighted by atomic mass is 16.6. The topological polar surface area (TPSA) is 122 Å². The van der Waals surface area contributed by atoms with Gasteiger partial charge < -0.3 is 5.32 Å². The molecule has 0 saturated carbocycles. The van der Waals surface area contributed by atoms with E-state index in [4.69, 9.17) is 0 Å². The smallest absolute Gasteiger partial charge is 0.354 e. The van der Waals surface area contributed by atoms with E-state index in [9.17, 15) is 14.9 Å². The lowest BCUT2D eigenvalue weighted by Gasteiger charge is -2.16. The van der Waals surface area contributed by atoms with Crippen molar-refractivity contribution in [1.82, 2.24) is 15.4 Å². The van der Waals surface area contributed by atoms with Crippen LogP contribution in [0.15, 0.2) is 79.1 Å². The Bertz CT molecular complexity index is 1270. The molecular formula is C23H20N6O3. The molecule has 0 radical (unpaired) electrons. The van der Waals surface area contributed by atoms with Crippen LogP contribution in [0.2, 0.25) is 0 Å². The van der Waals surface area contributed by atoms with Crippen LogP contribution in [-0.4, -0.2) is 20.8 Å². The minimum absolute atomic E-state index is 0.0447. The third-order valence-electron chi connectivity index (χ3n) is 4.99. The lowest BCUT2D eigenvalue weighted by atomic mass is 10.0. The number of hydrazine groups is 1. The molecule has 0 aliphatic rings. The van der Waals surface area contributed by atoms with Gasteiger partial charge in [0, 0.05) is 5.56 Å². The van der Waals surface area contributed by atoms with Crippen LogP contribution in [-0.2, 0) is 0 Å². The van der Waals surface area contributed by atoms with Crippen LogP contribution in [0, 0.1) is 10.1 Å². The van der Waals surface area contributed by atoms with Crippen LogP contribution >= 0.6 is 0 Å². The Labute approximate surface area is 183 Å². The van der Waals surface area contributed by atoms with Gasteiger partial charge in [-0.1, -0.05) is 66.7 Å². The first-order chi connectivity index (χ1) is 15.5. The predicted octanol–water partition coefficient (Wildman–Crippen LogP) is 4.47. The maximum absolute atomic E-state index is 12.8. The van der Waals surface area contributed by atoms with E-state index in [-0.39, 0.29) is 23.4 Å². The number of hydrogen-bond donors (Lipinski definition) is 3. The van der Waals surface area contributed by atoms with Crippen molar-refractivity contribution in [3.8, 4) is 0 Å². The van der Waals surface area contributed by atoms with Crippen molar-refractivity contribution in [3.05, 3.63) is 100 Å². The van der Waals surface area contributed by atoms with Crippen LogP contribution in [0.3, 0.4) is 0 Å². The number of rotatable bonds is 7. The Morgan fingerprint density at radius 2 is 1.62 bits per heavy atom. The van der Waals surface area contributed by atoms with Crippen molar-refractivity contribution in [2.75, 3.05) is 10.7 Å². The minimum atomic E-state index is -0.591. The maximum Gasteiger partial charge on any atom is 0.354 e. The summed E-state index contributed by atoms with van der Waals surface area (Å²) in [5.74, 6) is -0.522. The van der Waals surface area contributed by atoms with Gasteiger partial charge in [0.15, 0.2) is 0 Å². The summed E-state index contributed by atoms with van der Waals surface area (Å²) in [4.78, 5) is 31.9. The molecule has 9 nitrogen and oxygen atoms in total.